The summed E-state index contributed by atoms with van der Waals surface area (Å²) in [5.74, 6) is 2.75. The van der Waals surface area contributed by atoms with Crippen LogP contribution in [0.15, 0.2) is 24.4 Å². The molecule has 1 heterocycles. The molecule has 0 spiro atoms. The van der Waals surface area contributed by atoms with Crippen LogP contribution in [0.2, 0.25) is 0 Å². The molecule has 6 heteroatoms. The molecule has 0 saturated heterocycles. The quantitative estimate of drug-likeness (QED) is 0.279. The molecule has 1 amide bonds. The Kier molecular flexibility index (Phi) is 13.0. The minimum atomic E-state index is 0.0300. The number of hydrogen-bond donors (Lipinski definition) is 0. The number of methoxy groups -OCH3 is 2. The number of rotatable bonds is 15. The van der Waals surface area contributed by atoms with Gasteiger partial charge >= 0.3 is 0 Å². The summed E-state index contributed by atoms with van der Waals surface area (Å²) in [5.41, 5.74) is 1.14. The van der Waals surface area contributed by atoms with Crippen LogP contribution in [0.5, 0.6) is 11.6 Å². The molecule has 0 aliphatic heterocycles. The number of hydrogen-bond acceptors (Lipinski definition) is 5. The Morgan fingerprint density at radius 2 is 1.75 bits per heavy atom. The predicted molar refractivity (Wildman–Crippen MR) is 130 cm³/mol. The van der Waals surface area contributed by atoms with E-state index in [2.05, 4.69) is 44.8 Å². The number of carbonyl (C=O) groups excluding carboxylic acids is 1. The van der Waals surface area contributed by atoms with Gasteiger partial charge in [0.15, 0.2) is 5.75 Å². The Labute approximate surface area is 195 Å². The molecule has 0 aromatic carbocycles. The van der Waals surface area contributed by atoms with Crippen LogP contribution in [0.4, 0.5) is 0 Å². The van der Waals surface area contributed by atoms with Crippen molar-refractivity contribution in [1.29, 1.82) is 0 Å². The third kappa shape index (κ3) is 9.60. The van der Waals surface area contributed by atoms with E-state index in [1.807, 2.05) is 26.4 Å². The van der Waals surface area contributed by atoms with Gasteiger partial charge in [-0.25, -0.2) is 4.98 Å². The van der Waals surface area contributed by atoms with Gasteiger partial charge in [-0.2, -0.15) is 0 Å². The zero-order valence-corrected chi connectivity index (χ0v) is 21.4. The van der Waals surface area contributed by atoms with Crippen LogP contribution in [-0.2, 0) is 16.0 Å². The second-order valence-corrected chi connectivity index (χ2v) is 9.28. The fraction of sp³-hybridized carbons (Fsp3) is 0.692. The van der Waals surface area contributed by atoms with E-state index in [0.29, 0.717) is 42.6 Å². The van der Waals surface area contributed by atoms with Crippen LogP contribution in [0.25, 0.3) is 0 Å². The van der Waals surface area contributed by atoms with Gasteiger partial charge in [-0.05, 0) is 48.6 Å². The summed E-state index contributed by atoms with van der Waals surface area (Å²) >= 11 is 0. The normalized spacial score (nSPS) is 13.6. The average Bonchev–Trinajstić information content (AvgIpc) is 2.75. The van der Waals surface area contributed by atoms with Crippen LogP contribution in [0.1, 0.15) is 52.5 Å². The van der Waals surface area contributed by atoms with Crippen molar-refractivity contribution in [2.45, 2.75) is 53.4 Å². The molecule has 0 aliphatic carbocycles. The van der Waals surface area contributed by atoms with E-state index in [-0.39, 0.29) is 11.8 Å². The molecule has 0 unspecified atom stereocenters. The van der Waals surface area contributed by atoms with Crippen molar-refractivity contribution in [1.82, 2.24) is 9.88 Å². The van der Waals surface area contributed by atoms with Crippen LogP contribution < -0.4 is 9.47 Å². The number of carbonyl (C=O) groups is 1. The topological polar surface area (TPSA) is 60.9 Å². The van der Waals surface area contributed by atoms with E-state index in [0.717, 1.165) is 31.2 Å². The van der Waals surface area contributed by atoms with E-state index >= 15 is 0 Å². The highest BCUT2D eigenvalue weighted by molar-refractivity contribution is 5.78. The SMILES string of the molecule is COCCCOc1cc(C[C@@H](CC=CC[C@H](C(=O)N(C)C)C(C)C)C(C)C)cnc1OC. The minimum absolute atomic E-state index is 0.0300. The summed E-state index contributed by atoms with van der Waals surface area (Å²) in [6.07, 6.45) is 9.77. The van der Waals surface area contributed by atoms with E-state index in [1.165, 1.54) is 0 Å². The van der Waals surface area contributed by atoms with Crippen LogP contribution in [0.3, 0.4) is 0 Å². The van der Waals surface area contributed by atoms with Gasteiger partial charge in [0, 0.05) is 46.3 Å². The monoisotopic (exact) mass is 448 g/mol. The average molecular weight is 449 g/mol. The van der Waals surface area contributed by atoms with Crippen molar-refractivity contribution in [2.75, 3.05) is 41.5 Å². The molecule has 1 rings (SSSR count). The lowest BCUT2D eigenvalue weighted by Gasteiger charge is -2.23. The largest absolute Gasteiger partial charge is 0.488 e. The highest BCUT2D eigenvalue weighted by Crippen LogP contribution is 2.29. The summed E-state index contributed by atoms with van der Waals surface area (Å²) < 4.78 is 16.3. The van der Waals surface area contributed by atoms with Crippen LogP contribution in [0, 0.1) is 23.7 Å². The lowest BCUT2D eigenvalue weighted by molar-refractivity contribution is -0.134. The molecular formula is C26H44N2O4. The molecule has 32 heavy (non-hydrogen) atoms. The lowest BCUT2D eigenvalue weighted by Crippen LogP contribution is -2.32. The van der Waals surface area contributed by atoms with Crippen molar-refractivity contribution in [3.8, 4) is 11.6 Å². The molecule has 0 radical (unpaired) electrons. The Bertz CT molecular complexity index is 701. The van der Waals surface area contributed by atoms with Crippen LogP contribution in [-0.4, -0.2) is 57.3 Å². The first-order valence-electron chi connectivity index (χ1n) is 11.7. The highest BCUT2D eigenvalue weighted by atomic mass is 16.5. The number of pyridine rings is 1. The Hall–Kier alpha value is -2.08. The van der Waals surface area contributed by atoms with Gasteiger partial charge in [0.1, 0.15) is 0 Å². The first-order valence-corrected chi connectivity index (χ1v) is 11.7. The van der Waals surface area contributed by atoms with Crippen molar-refractivity contribution in [2.24, 2.45) is 23.7 Å². The summed E-state index contributed by atoms with van der Waals surface area (Å²) in [4.78, 5) is 18.6. The fourth-order valence-electron chi connectivity index (χ4n) is 3.62. The van der Waals surface area contributed by atoms with Gasteiger partial charge in [-0.1, -0.05) is 39.8 Å². The molecule has 0 fully saturated rings. The number of aromatic nitrogens is 1. The van der Waals surface area contributed by atoms with Crippen molar-refractivity contribution >= 4 is 5.91 Å². The zero-order chi connectivity index (χ0) is 24.1. The first kappa shape index (κ1) is 28.0. The summed E-state index contributed by atoms with van der Waals surface area (Å²) in [6.45, 7) is 9.96. The van der Waals surface area contributed by atoms with E-state index in [4.69, 9.17) is 14.2 Å². The molecule has 0 aliphatic rings. The summed E-state index contributed by atoms with van der Waals surface area (Å²) in [6, 6.07) is 2.04. The van der Waals surface area contributed by atoms with Crippen LogP contribution >= 0.6 is 0 Å². The molecular weight excluding hydrogens is 404 g/mol. The molecule has 1 aromatic rings. The van der Waals surface area contributed by atoms with Gasteiger partial charge in [0.25, 0.3) is 5.88 Å². The third-order valence-corrected chi connectivity index (χ3v) is 5.82. The molecule has 182 valence electrons. The molecule has 0 N–H and O–H groups in total. The van der Waals surface area contributed by atoms with Gasteiger partial charge in [0.2, 0.25) is 5.91 Å². The van der Waals surface area contributed by atoms with Gasteiger partial charge in [-0.15, -0.1) is 0 Å². The van der Waals surface area contributed by atoms with Gasteiger partial charge in [0.05, 0.1) is 13.7 Å². The second kappa shape index (κ2) is 14.9. The molecule has 0 bridgehead atoms. The molecule has 0 saturated carbocycles. The number of allylic oxidation sites excluding steroid dienone is 2. The number of nitrogens with zero attached hydrogens (tertiary/aromatic N) is 2. The Morgan fingerprint density at radius 1 is 1.06 bits per heavy atom. The zero-order valence-electron chi connectivity index (χ0n) is 21.4. The van der Waals surface area contributed by atoms with Gasteiger partial charge < -0.3 is 19.1 Å². The number of amides is 1. The smallest absolute Gasteiger partial charge is 0.256 e. The van der Waals surface area contributed by atoms with Crippen molar-refractivity contribution in [3.05, 3.63) is 30.0 Å². The third-order valence-electron chi connectivity index (χ3n) is 5.82. The first-order chi connectivity index (χ1) is 15.2. The molecule has 1 aromatic heterocycles. The van der Waals surface area contributed by atoms with Crippen molar-refractivity contribution in [3.63, 3.8) is 0 Å². The van der Waals surface area contributed by atoms with E-state index in [9.17, 15) is 4.79 Å². The fourth-order valence-corrected chi connectivity index (χ4v) is 3.62. The maximum atomic E-state index is 12.4. The maximum Gasteiger partial charge on any atom is 0.256 e. The number of ether oxygens (including phenoxy) is 3. The highest BCUT2D eigenvalue weighted by Gasteiger charge is 2.22. The standard InChI is InChI=1S/C26H44N2O4/c1-19(2)22(12-9-10-13-23(20(3)4)26(29)28(5)6)16-21-17-24(25(31-8)27-18-21)32-15-11-14-30-7/h9-10,17-20,22-23H,11-16H2,1-8H3/t22-,23+/m1/s1. The van der Waals surface area contributed by atoms with E-state index in [1.54, 1.807) is 19.1 Å². The predicted octanol–water partition coefficient (Wildman–Crippen LogP) is 5.02. The maximum absolute atomic E-state index is 12.4. The Morgan fingerprint density at radius 3 is 2.31 bits per heavy atom. The molecule has 6 nitrogen and oxygen atoms in total. The van der Waals surface area contributed by atoms with Crippen molar-refractivity contribution < 1.29 is 19.0 Å². The second-order valence-electron chi connectivity index (χ2n) is 9.28. The Balaban J connectivity index is 2.78. The summed E-state index contributed by atoms with van der Waals surface area (Å²) in [7, 11) is 6.95. The molecule has 2 atom stereocenters. The minimum Gasteiger partial charge on any atom is -0.488 e. The van der Waals surface area contributed by atoms with Gasteiger partial charge in [-0.3, -0.25) is 4.79 Å². The lowest BCUT2D eigenvalue weighted by atomic mass is 9.86. The van der Waals surface area contributed by atoms with E-state index < -0.39 is 0 Å². The summed E-state index contributed by atoms with van der Waals surface area (Å²) in [5, 5.41) is 0.